The Morgan fingerprint density at radius 1 is 1.59 bits per heavy atom. The second kappa shape index (κ2) is 8.81. The van der Waals surface area contributed by atoms with Crippen molar-refractivity contribution < 1.29 is 4.79 Å². The summed E-state index contributed by atoms with van der Waals surface area (Å²) in [7, 11) is 0. The van der Waals surface area contributed by atoms with Crippen molar-refractivity contribution in [3.63, 3.8) is 0 Å². The summed E-state index contributed by atoms with van der Waals surface area (Å²) in [6.07, 6.45) is 7.44. The molecule has 0 aliphatic carbocycles. The predicted molar refractivity (Wildman–Crippen MR) is 75.4 cm³/mol. The van der Waals surface area contributed by atoms with Gasteiger partial charge in [0.15, 0.2) is 0 Å². The van der Waals surface area contributed by atoms with Crippen LogP contribution in [0.25, 0.3) is 0 Å². The Bertz CT molecular complexity index is 217. The average Bonchev–Trinajstić information content (AvgIpc) is 2.35. The first-order chi connectivity index (χ1) is 8.22. The van der Waals surface area contributed by atoms with Crippen molar-refractivity contribution in [1.82, 2.24) is 10.6 Å². The summed E-state index contributed by atoms with van der Waals surface area (Å²) >= 11 is 1.83. The highest BCUT2D eigenvalue weighted by Crippen LogP contribution is 2.15. The average molecular weight is 258 g/mol. The highest BCUT2D eigenvalue weighted by atomic mass is 32.2. The lowest BCUT2D eigenvalue weighted by atomic mass is 9.94. The zero-order valence-electron chi connectivity index (χ0n) is 11.1. The van der Waals surface area contributed by atoms with E-state index >= 15 is 0 Å². The van der Waals surface area contributed by atoms with Gasteiger partial charge in [-0.25, -0.2) is 0 Å². The van der Waals surface area contributed by atoms with Crippen LogP contribution in [0, 0.1) is 5.92 Å². The summed E-state index contributed by atoms with van der Waals surface area (Å²) in [6.45, 7) is 4.33. The molecule has 0 aromatic rings. The zero-order chi connectivity index (χ0) is 12.5. The molecule has 0 spiro atoms. The normalized spacial score (nSPS) is 22.1. The van der Waals surface area contributed by atoms with Gasteiger partial charge in [0.25, 0.3) is 0 Å². The first kappa shape index (κ1) is 14.8. The first-order valence-corrected chi connectivity index (χ1v) is 8.10. The maximum atomic E-state index is 11.7. The lowest BCUT2D eigenvalue weighted by Gasteiger charge is -2.22. The van der Waals surface area contributed by atoms with E-state index in [1.807, 2.05) is 11.8 Å². The SMILES string of the molecule is CSCCC(C)NC(=O)CCC1CCCNC1. The van der Waals surface area contributed by atoms with Crippen LogP contribution in [0.15, 0.2) is 0 Å². The minimum Gasteiger partial charge on any atom is -0.354 e. The molecule has 0 radical (unpaired) electrons. The molecule has 2 unspecified atom stereocenters. The molecule has 2 atom stereocenters. The number of hydrogen-bond donors (Lipinski definition) is 2. The quantitative estimate of drug-likeness (QED) is 0.734. The molecule has 2 N–H and O–H groups in total. The van der Waals surface area contributed by atoms with Crippen molar-refractivity contribution in [2.45, 2.75) is 45.1 Å². The summed E-state index contributed by atoms with van der Waals surface area (Å²) in [5.41, 5.74) is 0. The first-order valence-electron chi connectivity index (χ1n) is 6.71. The molecule has 1 amide bonds. The Hall–Kier alpha value is -0.220. The second-order valence-corrected chi connectivity index (χ2v) is 5.99. The number of carbonyl (C=O) groups is 1. The van der Waals surface area contributed by atoms with E-state index in [2.05, 4.69) is 23.8 Å². The van der Waals surface area contributed by atoms with Crippen molar-refractivity contribution >= 4 is 17.7 Å². The zero-order valence-corrected chi connectivity index (χ0v) is 11.9. The second-order valence-electron chi connectivity index (χ2n) is 5.00. The number of nitrogens with one attached hydrogen (secondary N) is 2. The third-order valence-electron chi connectivity index (χ3n) is 3.34. The smallest absolute Gasteiger partial charge is 0.220 e. The Balaban J connectivity index is 2.07. The number of hydrogen-bond acceptors (Lipinski definition) is 3. The molecule has 0 aromatic heterocycles. The summed E-state index contributed by atoms with van der Waals surface area (Å²) in [6, 6.07) is 0.319. The fourth-order valence-corrected chi connectivity index (χ4v) is 2.81. The topological polar surface area (TPSA) is 41.1 Å². The highest BCUT2D eigenvalue weighted by Gasteiger charge is 2.15. The molecule has 1 fully saturated rings. The molecule has 1 aliphatic heterocycles. The number of piperidine rings is 1. The van der Waals surface area contributed by atoms with Gasteiger partial charge in [0.05, 0.1) is 0 Å². The lowest BCUT2D eigenvalue weighted by molar-refractivity contribution is -0.122. The molecule has 3 nitrogen and oxygen atoms in total. The van der Waals surface area contributed by atoms with E-state index in [-0.39, 0.29) is 5.91 Å². The van der Waals surface area contributed by atoms with E-state index in [0.717, 1.165) is 31.7 Å². The number of thioether (sulfide) groups is 1. The van der Waals surface area contributed by atoms with Crippen LogP contribution >= 0.6 is 11.8 Å². The van der Waals surface area contributed by atoms with E-state index in [4.69, 9.17) is 0 Å². The van der Waals surface area contributed by atoms with Crippen molar-refractivity contribution in [2.75, 3.05) is 25.1 Å². The van der Waals surface area contributed by atoms with Gasteiger partial charge in [0, 0.05) is 12.5 Å². The lowest BCUT2D eigenvalue weighted by Crippen LogP contribution is -2.34. The molecule has 1 heterocycles. The van der Waals surface area contributed by atoms with E-state index < -0.39 is 0 Å². The molecule has 4 heteroatoms. The van der Waals surface area contributed by atoms with Gasteiger partial charge in [-0.05, 0) is 63.6 Å². The van der Waals surface area contributed by atoms with Crippen molar-refractivity contribution in [1.29, 1.82) is 0 Å². The maximum absolute atomic E-state index is 11.7. The Labute approximate surface area is 109 Å². The fraction of sp³-hybridized carbons (Fsp3) is 0.923. The standard InChI is InChI=1S/C13H26N2OS/c1-11(7-9-17-2)15-13(16)6-5-12-4-3-8-14-10-12/h11-12,14H,3-10H2,1-2H3,(H,15,16). The third-order valence-corrected chi connectivity index (χ3v) is 3.98. The largest absolute Gasteiger partial charge is 0.354 e. The molecule has 1 saturated heterocycles. The summed E-state index contributed by atoms with van der Waals surface area (Å²) in [5.74, 6) is 2.05. The molecule has 100 valence electrons. The van der Waals surface area contributed by atoms with Gasteiger partial charge in [-0.2, -0.15) is 11.8 Å². The van der Waals surface area contributed by atoms with E-state index in [9.17, 15) is 4.79 Å². The monoisotopic (exact) mass is 258 g/mol. The molecule has 0 aromatic carbocycles. The fourth-order valence-electron chi connectivity index (χ4n) is 2.22. The van der Waals surface area contributed by atoms with Gasteiger partial charge in [-0.1, -0.05) is 0 Å². The van der Waals surface area contributed by atoms with Gasteiger partial charge < -0.3 is 10.6 Å². The summed E-state index contributed by atoms with van der Waals surface area (Å²) in [4.78, 5) is 11.7. The molecule has 1 rings (SSSR count). The Morgan fingerprint density at radius 3 is 3.06 bits per heavy atom. The van der Waals surface area contributed by atoms with E-state index in [0.29, 0.717) is 18.4 Å². The Kier molecular flexibility index (Phi) is 7.69. The highest BCUT2D eigenvalue weighted by molar-refractivity contribution is 7.98. The van der Waals surface area contributed by atoms with Crippen LogP contribution in [0.3, 0.4) is 0 Å². The summed E-state index contributed by atoms with van der Waals surface area (Å²) < 4.78 is 0. The van der Waals surface area contributed by atoms with Crippen LogP contribution < -0.4 is 10.6 Å². The van der Waals surface area contributed by atoms with Crippen LogP contribution in [-0.4, -0.2) is 37.0 Å². The van der Waals surface area contributed by atoms with E-state index in [1.165, 1.54) is 12.8 Å². The number of carbonyl (C=O) groups excluding carboxylic acids is 1. The van der Waals surface area contributed by atoms with Gasteiger partial charge in [0.2, 0.25) is 5.91 Å². The van der Waals surface area contributed by atoms with Crippen molar-refractivity contribution in [3.8, 4) is 0 Å². The van der Waals surface area contributed by atoms with Crippen LogP contribution in [0.4, 0.5) is 0 Å². The summed E-state index contributed by atoms with van der Waals surface area (Å²) in [5, 5.41) is 6.47. The minimum absolute atomic E-state index is 0.226. The van der Waals surface area contributed by atoms with Crippen LogP contribution in [-0.2, 0) is 4.79 Å². The molecular formula is C13H26N2OS. The van der Waals surface area contributed by atoms with Crippen molar-refractivity contribution in [2.24, 2.45) is 5.92 Å². The molecular weight excluding hydrogens is 232 g/mol. The van der Waals surface area contributed by atoms with Gasteiger partial charge in [-0.3, -0.25) is 4.79 Å². The van der Waals surface area contributed by atoms with Gasteiger partial charge >= 0.3 is 0 Å². The van der Waals surface area contributed by atoms with Crippen molar-refractivity contribution in [3.05, 3.63) is 0 Å². The van der Waals surface area contributed by atoms with Crippen LogP contribution in [0.5, 0.6) is 0 Å². The van der Waals surface area contributed by atoms with Gasteiger partial charge in [-0.15, -0.1) is 0 Å². The maximum Gasteiger partial charge on any atom is 0.220 e. The number of amides is 1. The predicted octanol–water partition coefficient (Wildman–Crippen LogP) is 2.02. The molecule has 17 heavy (non-hydrogen) atoms. The molecule has 0 saturated carbocycles. The molecule has 1 aliphatic rings. The van der Waals surface area contributed by atoms with E-state index in [1.54, 1.807) is 0 Å². The van der Waals surface area contributed by atoms with Crippen LogP contribution in [0.2, 0.25) is 0 Å². The third kappa shape index (κ3) is 6.94. The Morgan fingerprint density at radius 2 is 2.41 bits per heavy atom. The number of rotatable bonds is 7. The minimum atomic E-state index is 0.226. The van der Waals surface area contributed by atoms with Crippen LogP contribution in [0.1, 0.15) is 39.0 Å². The molecule has 0 bridgehead atoms. The van der Waals surface area contributed by atoms with Gasteiger partial charge in [0.1, 0.15) is 0 Å².